The molecule has 4 unspecified atom stereocenters. The molecule has 2 rings (SSSR count). The van der Waals surface area contributed by atoms with Crippen molar-refractivity contribution < 1.29 is 17.9 Å². The van der Waals surface area contributed by atoms with Crippen LogP contribution in [0.4, 0.5) is 0 Å². The molecule has 4 atom stereocenters. The predicted octanol–water partition coefficient (Wildman–Crippen LogP) is 1.78. The lowest BCUT2D eigenvalue weighted by Gasteiger charge is -2.34. The van der Waals surface area contributed by atoms with Gasteiger partial charge in [-0.1, -0.05) is 25.5 Å². The number of hydrogen-bond donors (Lipinski definition) is 1. The smallest absolute Gasteiger partial charge is 0.224 e. The van der Waals surface area contributed by atoms with Crippen molar-refractivity contribution in [2.45, 2.75) is 53.8 Å². The monoisotopic (exact) mass is 372 g/mol. The van der Waals surface area contributed by atoms with Gasteiger partial charge < -0.3 is 10.1 Å². The van der Waals surface area contributed by atoms with E-state index in [2.05, 4.69) is 25.2 Å². The van der Waals surface area contributed by atoms with Gasteiger partial charge in [-0.15, -0.1) is 0 Å². The number of ether oxygens (including phenoxy) is 1. The molecule has 2 aliphatic rings. The van der Waals surface area contributed by atoms with Crippen molar-refractivity contribution in [3.8, 4) is 0 Å². The van der Waals surface area contributed by atoms with Crippen LogP contribution in [0.15, 0.2) is 11.6 Å². The van der Waals surface area contributed by atoms with E-state index in [0.29, 0.717) is 13.1 Å². The lowest BCUT2D eigenvalue weighted by Crippen LogP contribution is -2.49. The second-order valence-corrected chi connectivity index (χ2v) is 10.3. The predicted molar refractivity (Wildman–Crippen MR) is 98.6 cm³/mol. The Bertz CT molecular complexity index is 627. The van der Waals surface area contributed by atoms with Crippen molar-refractivity contribution in [3.05, 3.63) is 11.6 Å². The Morgan fingerprint density at radius 2 is 1.80 bits per heavy atom. The van der Waals surface area contributed by atoms with Gasteiger partial charge >= 0.3 is 0 Å². The van der Waals surface area contributed by atoms with Crippen LogP contribution in [0.25, 0.3) is 0 Å². The molecule has 0 aromatic carbocycles. The number of allylic oxidation sites excluding steroid dienone is 2. The van der Waals surface area contributed by atoms with Gasteiger partial charge in [0.25, 0.3) is 0 Å². The summed E-state index contributed by atoms with van der Waals surface area (Å²) in [5.74, 6) is 0.0357. The standard InChI is InChI=1S/C18H32N2O4S/c1-12(2)9-15-16(18(15,5)6)17(21)19-7-8-25(22,23)20-10-13(3)24-14(4)11-20/h9,13-16H,7-8,10-11H2,1-6H3,(H,19,21). The summed E-state index contributed by atoms with van der Waals surface area (Å²) in [6.07, 6.45) is 1.92. The summed E-state index contributed by atoms with van der Waals surface area (Å²) in [7, 11) is -3.38. The molecule has 1 saturated heterocycles. The summed E-state index contributed by atoms with van der Waals surface area (Å²) in [5, 5.41) is 2.82. The molecule has 1 N–H and O–H groups in total. The molecule has 7 heteroatoms. The Morgan fingerprint density at radius 1 is 1.24 bits per heavy atom. The summed E-state index contributed by atoms with van der Waals surface area (Å²) in [6.45, 7) is 12.9. The molecule has 1 aliphatic heterocycles. The van der Waals surface area contributed by atoms with Crippen LogP contribution >= 0.6 is 0 Å². The van der Waals surface area contributed by atoms with Gasteiger partial charge in [-0.2, -0.15) is 4.31 Å². The Balaban J connectivity index is 1.86. The largest absolute Gasteiger partial charge is 0.373 e. The number of amides is 1. The number of sulfonamides is 1. The minimum atomic E-state index is -3.38. The zero-order valence-electron chi connectivity index (χ0n) is 16.2. The van der Waals surface area contributed by atoms with Gasteiger partial charge in [0.05, 0.1) is 23.9 Å². The molecule has 144 valence electrons. The first-order chi connectivity index (χ1) is 11.4. The van der Waals surface area contributed by atoms with Gasteiger partial charge in [0.2, 0.25) is 15.9 Å². The Labute approximate surface area is 152 Å². The molecule has 0 aromatic heterocycles. The van der Waals surface area contributed by atoms with Crippen LogP contribution in [0.2, 0.25) is 0 Å². The van der Waals surface area contributed by atoms with E-state index in [4.69, 9.17) is 4.74 Å². The fraction of sp³-hybridized carbons (Fsp3) is 0.833. The molecule has 6 nitrogen and oxygen atoms in total. The highest BCUT2D eigenvalue weighted by Crippen LogP contribution is 2.59. The highest BCUT2D eigenvalue weighted by Gasteiger charge is 2.60. The fourth-order valence-corrected chi connectivity index (χ4v) is 5.24. The molecule has 0 aromatic rings. The third-order valence-electron chi connectivity index (χ3n) is 5.14. The Kier molecular flexibility index (Phi) is 6.01. The summed E-state index contributed by atoms with van der Waals surface area (Å²) in [6, 6.07) is 0. The van der Waals surface area contributed by atoms with E-state index in [9.17, 15) is 13.2 Å². The van der Waals surface area contributed by atoms with Gasteiger partial charge in [-0.25, -0.2) is 8.42 Å². The minimum Gasteiger partial charge on any atom is -0.373 e. The first kappa shape index (κ1) is 20.4. The molecule has 0 spiro atoms. The normalized spacial score (nSPS) is 32.1. The molecule has 1 saturated carbocycles. The van der Waals surface area contributed by atoms with E-state index in [0.717, 1.165) is 0 Å². The second-order valence-electron chi connectivity index (χ2n) is 8.25. The third-order valence-corrected chi connectivity index (χ3v) is 6.95. The Morgan fingerprint density at radius 3 is 2.32 bits per heavy atom. The second kappa shape index (κ2) is 7.37. The first-order valence-electron chi connectivity index (χ1n) is 9.01. The van der Waals surface area contributed by atoms with Crippen molar-refractivity contribution in [2.75, 3.05) is 25.4 Å². The van der Waals surface area contributed by atoms with E-state index >= 15 is 0 Å². The average molecular weight is 373 g/mol. The molecule has 0 radical (unpaired) electrons. The molecule has 0 bridgehead atoms. The molecule has 1 amide bonds. The van der Waals surface area contributed by atoms with E-state index in [1.54, 1.807) is 0 Å². The fourth-order valence-electron chi connectivity index (χ4n) is 3.75. The highest BCUT2D eigenvalue weighted by atomic mass is 32.2. The number of carbonyl (C=O) groups excluding carboxylic acids is 1. The summed E-state index contributed by atoms with van der Waals surface area (Å²) in [4.78, 5) is 12.4. The maximum Gasteiger partial charge on any atom is 0.224 e. The summed E-state index contributed by atoms with van der Waals surface area (Å²) >= 11 is 0. The minimum absolute atomic E-state index is 0.0496. The van der Waals surface area contributed by atoms with Crippen molar-refractivity contribution in [1.29, 1.82) is 0 Å². The lowest BCUT2D eigenvalue weighted by atomic mass is 10.1. The molecular formula is C18H32N2O4S. The van der Waals surface area contributed by atoms with Crippen LogP contribution < -0.4 is 5.32 Å². The van der Waals surface area contributed by atoms with Crippen molar-refractivity contribution >= 4 is 15.9 Å². The van der Waals surface area contributed by atoms with Crippen LogP contribution in [0.3, 0.4) is 0 Å². The number of carbonyl (C=O) groups is 1. The van der Waals surface area contributed by atoms with E-state index in [1.165, 1.54) is 9.88 Å². The third kappa shape index (κ3) is 4.83. The van der Waals surface area contributed by atoms with E-state index in [1.807, 2.05) is 27.7 Å². The van der Waals surface area contributed by atoms with Gasteiger partial charge in [-0.05, 0) is 39.0 Å². The van der Waals surface area contributed by atoms with Gasteiger partial charge in [0, 0.05) is 19.6 Å². The number of nitrogens with zero attached hydrogens (tertiary/aromatic N) is 1. The van der Waals surface area contributed by atoms with Crippen LogP contribution in [0.5, 0.6) is 0 Å². The maximum absolute atomic E-state index is 12.5. The van der Waals surface area contributed by atoms with Crippen LogP contribution in [0.1, 0.15) is 41.5 Å². The molecule has 2 fully saturated rings. The molecule has 1 heterocycles. The molecule has 25 heavy (non-hydrogen) atoms. The van der Waals surface area contributed by atoms with E-state index < -0.39 is 10.0 Å². The number of hydrogen-bond acceptors (Lipinski definition) is 4. The van der Waals surface area contributed by atoms with Gasteiger partial charge in [0.15, 0.2) is 0 Å². The summed E-state index contributed by atoms with van der Waals surface area (Å²) < 4.78 is 32.0. The maximum atomic E-state index is 12.5. The van der Waals surface area contributed by atoms with Crippen molar-refractivity contribution in [3.63, 3.8) is 0 Å². The van der Waals surface area contributed by atoms with Crippen LogP contribution in [-0.2, 0) is 19.6 Å². The zero-order chi connectivity index (χ0) is 19.0. The Hall–Kier alpha value is -0.920. The first-order valence-corrected chi connectivity index (χ1v) is 10.6. The van der Waals surface area contributed by atoms with Crippen LogP contribution in [0, 0.1) is 17.3 Å². The van der Waals surface area contributed by atoms with Crippen LogP contribution in [-0.4, -0.2) is 56.2 Å². The lowest BCUT2D eigenvalue weighted by molar-refractivity contribution is -0.123. The zero-order valence-corrected chi connectivity index (χ0v) is 17.0. The quantitative estimate of drug-likeness (QED) is 0.721. The van der Waals surface area contributed by atoms with Crippen molar-refractivity contribution in [2.24, 2.45) is 17.3 Å². The average Bonchev–Trinajstić information content (AvgIpc) is 2.97. The number of nitrogens with one attached hydrogen (secondary N) is 1. The SMILES string of the molecule is CC(C)=CC1C(C(=O)NCCS(=O)(=O)N2CC(C)OC(C)C2)C1(C)C. The topological polar surface area (TPSA) is 75.7 Å². The summed E-state index contributed by atoms with van der Waals surface area (Å²) in [5.41, 5.74) is 1.14. The highest BCUT2D eigenvalue weighted by molar-refractivity contribution is 7.89. The van der Waals surface area contributed by atoms with Crippen molar-refractivity contribution in [1.82, 2.24) is 9.62 Å². The molecular weight excluding hydrogens is 340 g/mol. The van der Waals surface area contributed by atoms with E-state index in [-0.39, 0.29) is 47.7 Å². The molecule has 1 aliphatic carbocycles. The van der Waals surface area contributed by atoms with Gasteiger partial charge in [-0.3, -0.25) is 4.79 Å². The number of morpholine rings is 1. The van der Waals surface area contributed by atoms with Gasteiger partial charge in [0.1, 0.15) is 0 Å². The number of rotatable bonds is 6.